The fourth-order valence-corrected chi connectivity index (χ4v) is 2.90. The van der Waals surface area contributed by atoms with Gasteiger partial charge < -0.3 is 10.6 Å². The Morgan fingerprint density at radius 1 is 1.41 bits per heavy atom. The van der Waals surface area contributed by atoms with Crippen LogP contribution >= 0.6 is 0 Å². The van der Waals surface area contributed by atoms with Gasteiger partial charge in [0.2, 0.25) is 5.91 Å². The highest BCUT2D eigenvalue weighted by molar-refractivity contribution is 5.76. The van der Waals surface area contributed by atoms with Crippen molar-refractivity contribution in [3.05, 3.63) is 35.9 Å². The van der Waals surface area contributed by atoms with Gasteiger partial charge in [-0.15, -0.1) is 0 Å². The highest BCUT2D eigenvalue weighted by Gasteiger charge is 2.17. The molecule has 1 heterocycles. The zero-order valence-electron chi connectivity index (χ0n) is 13.8. The number of amides is 1. The maximum absolute atomic E-state index is 11.9. The van der Waals surface area contributed by atoms with Crippen LogP contribution in [0.1, 0.15) is 38.2 Å². The molecule has 0 aliphatic carbocycles. The number of nitrogens with zero attached hydrogens (tertiary/aromatic N) is 1. The Labute approximate surface area is 134 Å². The van der Waals surface area contributed by atoms with Crippen LogP contribution in [-0.2, 0) is 11.3 Å². The first-order valence-corrected chi connectivity index (χ1v) is 8.39. The van der Waals surface area contributed by atoms with E-state index in [1.165, 1.54) is 12.0 Å². The summed E-state index contributed by atoms with van der Waals surface area (Å²) in [6.07, 6.45) is 3.92. The van der Waals surface area contributed by atoms with Crippen molar-refractivity contribution in [1.82, 2.24) is 15.5 Å². The Bertz CT molecular complexity index is 443. The topological polar surface area (TPSA) is 44.4 Å². The van der Waals surface area contributed by atoms with Gasteiger partial charge >= 0.3 is 0 Å². The van der Waals surface area contributed by atoms with Crippen LogP contribution < -0.4 is 10.6 Å². The van der Waals surface area contributed by atoms with Crippen molar-refractivity contribution in [3.63, 3.8) is 0 Å². The number of hydrogen-bond donors (Lipinski definition) is 2. The van der Waals surface area contributed by atoms with Crippen LogP contribution in [-0.4, -0.2) is 43.0 Å². The molecule has 2 unspecified atom stereocenters. The van der Waals surface area contributed by atoms with Gasteiger partial charge in [-0.25, -0.2) is 0 Å². The lowest BCUT2D eigenvalue weighted by atomic mass is 10.1. The van der Waals surface area contributed by atoms with Gasteiger partial charge in [0.1, 0.15) is 0 Å². The maximum atomic E-state index is 11.9. The lowest BCUT2D eigenvalue weighted by Gasteiger charge is -2.25. The summed E-state index contributed by atoms with van der Waals surface area (Å²) in [5.41, 5.74) is 1.33. The van der Waals surface area contributed by atoms with Gasteiger partial charge in [0.15, 0.2) is 0 Å². The second kappa shape index (κ2) is 8.91. The van der Waals surface area contributed by atoms with Crippen molar-refractivity contribution in [2.24, 2.45) is 0 Å². The molecule has 0 radical (unpaired) electrons. The first kappa shape index (κ1) is 17.0. The highest BCUT2D eigenvalue weighted by atomic mass is 16.1. The minimum absolute atomic E-state index is 0.178. The number of nitrogens with one attached hydrogen (secondary N) is 2. The van der Waals surface area contributed by atoms with Crippen LogP contribution in [0.15, 0.2) is 30.3 Å². The number of benzene rings is 1. The molecule has 0 bridgehead atoms. The first-order chi connectivity index (χ1) is 10.6. The molecule has 0 saturated carbocycles. The second-order valence-electron chi connectivity index (χ2n) is 6.39. The molecule has 2 atom stereocenters. The Hall–Kier alpha value is -1.39. The summed E-state index contributed by atoms with van der Waals surface area (Å²) in [7, 11) is 2.14. The molecular formula is C18H29N3O. The predicted octanol–water partition coefficient (Wildman–Crippen LogP) is 2.16. The van der Waals surface area contributed by atoms with Crippen LogP contribution in [0.3, 0.4) is 0 Å². The van der Waals surface area contributed by atoms with E-state index in [0.717, 1.165) is 32.5 Å². The smallest absolute Gasteiger partial charge is 0.221 e. The Kier molecular flexibility index (Phi) is 6.87. The fourth-order valence-electron chi connectivity index (χ4n) is 2.90. The normalized spacial score (nSPS) is 19.3. The van der Waals surface area contributed by atoms with Gasteiger partial charge in [0.05, 0.1) is 0 Å². The Morgan fingerprint density at radius 3 is 2.86 bits per heavy atom. The third-order valence-electron chi connectivity index (χ3n) is 4.51. The zero-order valence-corrected chi connectivity index (χ0v) is 13.8. The summed E-state index contributed by atoms with van der Waals surface area (Å²) in [4.78, 5) is 14.2. The molecule has 1 aliphatic heterocycles. The SMILES string of the molecule is CC(CCNC(=O)CC1CCCN1)N(C)Cc1ccccc1. The molecule has 22 heavy (non-hydrogen) atoms. The molecule has 0 aromatic heterocycles. The summed E-state index contributed by atoms with van der Waals surface area (Å²) in [5, 5.41) is 6.42. The third kappa shape index (κ3) is 5.78. The number of carbonyl (C=O) groups excluding carboxylic acids is 1. The maximum Gasteiger partial charge on any atom is 0.221 e. The van der Waals surface area contributed by atoms with Crippen molar-refractivity contribution in [2.45, 2.75) is 51.2 Å². The number of carbonyl (C=O) groups is 1. The van der Waals surface area contributed by atoms with E-state index >= 15 is 0 Å². The molecule has 2 rings (SSSR count). The van der Waals surface area contributed by atoms with E-state index in [0.29, 0.717) is 18.5 Å². The van der Waals surface area contributed by atoms with Gasteiger partial charge in [0, 0.05) is 31.6 Å². The standard InChI is InChI=1S/C18H29N3O/c1-15(21(2)14-16-7-4-3-5-8-16)10-12-20-18(22)13-17-9-6-11-19-17/h3-5,7-8,15,17,19H,6,9-14H2,1-2H3,(H,20,22). The first-order valence-electron chi connectivity index (χ1n) is 8.39. The summed E-state index contributed by atoms with van der Waals surface area (Å²) < 4.78 is 0. The average molecular weight is 303 g/mol. The van der Waals surface area contributed by atoms with Gasteiger partial charge in [0.25, 0.3) is 0 Å². The number of rotatable bonds is 8. The zero-order chi connectivity index (χ0) is 15.8. The quantitative estimate of drug-likeness (QED) is 0.773. The molecule has 0 spiro atoms. The Morgan fingerprint density at radius 2 is 2.18 bits per heavy atom. The van der Waals surface area contributed by atoms with E-state index in [1.54, 1.807) is 0 Å². The van der Waals surface area contributed by atoms with Crippen LogP contribution in [0, 0.1) is 0 Å². The molecule has 122 valence electrons. The second-order valence-corrected chi connectivity index (χ2v) is 6.39. The van der Waals surface area contributed by atoms with Crippen LogP contribution in [0.25, 0.3) is 0 Å². The Balaban J connectivity index is 1.62. The molecule has 1 fully saturated rings. The van der Waals surface area contributed by atoms with E-state index < -0.39 is 0 Å². The van der Waals surface area contributed by atoms with Gasteiger partial charge in [-0.1, -0.05) is 30.3 Å². The largest absolute Gasteiger partial charge is 0.356 e. The van der Waals surface area contributed by atoms with Crippen LogP contribution in [0.5, 0.6) is 0 Å². The molecule has 1 aromatic carbocycles. The van der Waals surface area contributed by atoms with E-state index in [1.807, 2.05) is 6.07 Å². The molecule has 1 aliphatic rings. The minimum atomic E-state index is 0.178. The van der Waals surface area contributed by atoms with E-state index in [-0.39, 0.29) is 5.91 Å². The molecule has 1 saturated heterocycles. The summed E-state index contributed by atoms with van der Waals surface area (Å²) in [6, 6.07) is 11.3. The van der Waals surface area contributed by atoms with Crippen molar-refractivity contribution in [2.75, 3.05) is 20.1 Å². The summed E-state index contributed by atoms with van der Waals surface area (Å²) >= 11 is 0. The van der Waals surface area contributed by atoms with Crippen molar-refractivity contribution >= 4 is 5.91 Å². The molecule has 1 amide bonds. The average Bonchev–Trinajstić information content (AvgIpc) is 3.01. The summed E-state index contributed by atoms with van der Waals surface area (Å²) in [6.45, 7) is 4.97. The molecule has 1 aromatic rings. The van der Waals surface area contributed by atoms with E-state index in [4.69, 9.17) is 0 Å². The van der Waals surface area contributed by atoms with Crippen molar-refractivity contribution in [1.29, 1.82) is 0 Å². The van der Waals surface area contributed by atoms with Crippen molar-refractivity contribution in [3.8, 4) is 0 Å². The monoisotopic (exact) mass is 303 g/mol. The molecule has 2 N–H and O–H groups in total. The highest BCUT2D eigenvalue weighted by Crippen LogP contribution is 2.09. The van der Waals surface area contributed by atoms with Gasteiger partial charge in [-0.05, 0) is 45.3 Å². The van der Waals surface area contributed by atoms with Crippen LogP contribution in [0.4, 0.5) is 0 Å². The third-order valence-corrected chi connectivity index (χ3v) is 4.51. The van der Waals surface area contributed by atoms with Crippen LogP contribution in [0.2, 0.25) is 0 Å². The number of hydrogen-bond acceptors (Lipinski definition) is 3. The summed E-state index contributed by atoms with van der Waals surface area (Å²) in [5.74, 6) is 0.178. The lowest BCUT2D eigenvalue weighted by molar-refractivity contribution is -0.121. The van der Waals surface area contributed by atoms with Gasteiger partial charge in [-0.2, -0.15) is 0 Å². The minimum Gasteiger partial charge on any atom is -0.356 e. The van der Waals surface area contributed by atoms with Gasteiger partial charge in [-0.3, -0.25) is 9.69 Å². The molecular weight excluding hydrogens is 274 g/mol. The lowest BCUT2D eigenvalue weighted by Crippen LogP contribution is -2.35. The fraction of sp³-hybridized carbons (Fsp3) is 0.611. The predicted molar refractivity (Wildman–Crippen MR) is 90.6 cm³/mol. The van der Waals surface area contributed by atoms with E-state index in [9.17, 15) is 4.79 Å². The van der Waals surface area contributed by atoms with Crippen molar-refractivity contribution < 1.29 is 4.79 Å². The molecule has 4 nitrogen and oxygen atoms in total. The molecule has 4 heteroatoms. The van der Waals surface area contributed by atoms with E-state index in [2.05, 4.69) is 53.8 Å².